The van der Waals surface area contributed by atoms with Gasteiger partial charge in [-0.05, 0) is 44.7 Å². The van der Waals surface area contributed by atoms with Gasteiger partial charge in [0.25, 0.3) is 0 Å². The van der Waals surface area contributed by atoms with E-state index in [-0.39, 0.29) is 25.7 Å². The van der Waals surface area contributed by atoms with Crippen LogP contribution >= 0.6 is 0 Å². The lowest BCUT2D eigenvalue weighted by atomic mass is 10.1. The average molecular weight is 555 g/mol. The second-order valence-electron chi connectivity index (χ2n) is 10.6. The normalized spacial score (nSPS) is 17.6. The second kappa shape index (κ2) is 14.4. The Labute approximate surface area is 234 Å². The minimum absolute atomic E-state index is 0.104. The van der Waals surface area contributed by atoms with Gasteiger partial charge in [0.15, 0.2) is 0 Å². The van der Waals surface area contributed by atoms with Gasteiger partial charge in [-0.25, -0.2) is 10.3 Å². The van der Waals surface area contributed by atoms with Gasteiger partial charge in [0, 0.05) is 6.54 Å². The highest BCUT2D eigenvalue weighted by Crippen LogP contribution is 2.26. The SMILES string of the molecule is CC(C)(C)OC(=O)N[C@@H](CC(=O)NOCc1ccccc1)C(=O)N1C(C(=O)NCc2ccccc2)CC[C@@H]1CO. The van der Waals surface area contributed by atoms with Crippen LogP contribution in [0.15, 0.2) is 60.7 Å². The lowest BCUT2D eigenvalue weighted by molar-refractivity contribution is -0.145. The summed E-state index contributed by atoms with van der Waals surface area (Å²) < 4.78 is 5.30. The fourth-order valence-electron chi connectivity index (χ4n) is 4.39. The predicted octanol–water partition coefficient (Wildman–Crippen LogP) is 2.19. The maximum absolute atomic E-state index is 13.8. The molecule has 0 aromatic heterocycles. The number of carbonyl (C=O) groups is 4. The van der Waals surface area contributed by atoms with Crippen LogP contribution in [-0.4, -0.2) is 64.2 Å². The van der Waals surface area contributed by atoms with Crippen LogP contribution in [0.4, 0.5) is 4.79 Å². The minimum atomic E-state index is -1.37. The van der Waals surface area contributed by atoms with E-state index in [2.05, 4.69) is 16.1 Å². The van der Waals surface area contributed by atoms with E-state index < -0.39 is 48.1 Å². The molecule has 0 radical (unpaired) electrons. The monoisotopic (exact) mass is 554 g/mol. The van der Waals surface area contributed by atoms with Gasteiger partial charge in [0.05, 0.1) is 25.7 Å². The molecule has 1 heterocycles. The molecule has 4 amide bonds. The number of carbonyl (C=O) groups excluding carboxylic acids is 4. The molecule has 2 aromatic rings. The van der Waals surface area contributed by atoms with Crippen molar-refractivity contribution in [3.8, 4) is 0 Å². The van der Waals surface area contributed by atoms with Crippen molar-refractivity contribution in [1.82, 2.24) is 21.0 Å². The topological polar surface area (TPSA) is 146 Å². The highest BCUT2D eigenvalue weighted by Gasteiger charge is 2.43. The number of likely N-dealkylation sites (tertiary alicyclic amines) is 1. The molecule has 0 aliphatic carbocycles. The average Bonchev–Trinajstić information content (AvgIpc) is 3.35. The van der Waals surface area contributed by atoms with E-state index in [1.54, 1.807) is 20.8 Å². The zero-order valence-electron chi connectivity index (χ0n) is 23.1. The van der Waals surface area contributed by atoms with Crippen molar-refractivity contribution in [2.24, 2.45) is 0 Å². The lowest BCUT2D eigenvalue weighted by Gasteiger charge is -2.32. The standard InChI is InChI=1S/C29H38N4O7/c1-29(2,3)40-28(38)31-23(16-25(35)32-39-19-21-12-8-5-9-13-21)27(37)33-22(18-34)14-15-24(33)26(36)30-17-20-10-6-4-7-11-20/h4-13,22-24,34H,14-19H2,1-3H3,(H,30,36)(H,31,38)(H,32,35)/t22-,23+,24?/m1/s1. The van der Waals surface area contributed by atoms with Crippen molar-refractivity contribution in [2.45, 2.75) is 76.9 Å². The Morgan fingerprint density at radius 1 is 0.975 bits per heavy atom. The van der Waals surface area contributed by atoms with Crippen molar-refractivity contribution in [1.29, 1.82) is 0 Å². The first-order valence-corrected chi connectivity index (χ1v) is 13.3. The molecular formula is C29H38N4O7. The molecule has 11 heteroatoms. The molecule has 2 aromatic carbocycles. The number of hydrogen-bond acceptors (Lipinski definition) is 7. The minimum Gasteiger partial charge on any atom is -0.444 e. The highest BCUT2D eigenvalue weighted by molar-refractivity contribution is 5.94. The third kappa shape index (κ3) is 9.35. The number of hydroxylamine groups is 1. The zero-order chi connectivity index (χ0) is 29.1. The first-order chi connectivity index (χ1) is 19.1. The number of ether oxygens (including phenoxy) is 1. The molecule has 1 saturated heterocycles. The molecule has 0 bridgehead atoms. The molecule has 216 valence electrons. The summed E-state index contributed by atoms with van der Waals surface area (Å²) in [7, 11) is 0. The quantitative estimate of drug-likeness (QED) is 0.312. The number of amides is 4. The molecule has 0 saturated carbocycles. The van der Waals surface area contributed by atoms with E-state index in [0.29, 0.717) is 12.8 Å². The summed E-state index contributed by atoms with van der Waals surface area (Å²) in [4.78, 5) is 58.8. The van der Waals surface area contributed by atoms with Crippen LogP contribution in [0.1, 0.15) is 51.2 Å². The smallest absolute Gasteiger partial charge is 0.408 e. The Bertz CT molecular complexity index is 1140. The Hall–Kier alpha value is -3.96. The summed E-state index contributed by atoms with van der Waals surface area (Å²) in [6.07, 6.45) is -0.658. The molecule has 1 unspecified atom stereocenters. The Morgan fingerprint density at radius 3 is 2.20 bits per heavy atom. The second-order valence-corrected chi connectivity index (χ2v) is 10.6. The summed E-state index contributed by atoms with van der Waals surface area (Å²) in [6.45, 7) is 5.00. The van der Waals surface area contributed by atoms with Crippen molar-refractivity contribution < 1.29 is 33.9 Å². The number of aliphatic hydroxyl groups is 1. The van der Waals surface area contributed by atoms with Gasteiger partial charge >= 0.3 is 6.09 Å². The van der Waals surface area contributed by atoms with E-state index in [0.717, 1.165) is 11.1 Å². The van der Waals surface area contributed by atoms with Crippen LogP contribution in [0.25, 0.3) is 0 Å². The third-order valence-electron chi connectivity index (χ3n) is 6.23. The number of hydrogen-bond donors (Lipinski definition) is 4. The molecule has 0 spiro atoms. The van der Waals surface area contributed by atoms with Gasteiger partial charge in [-0.1, -0.05) is 60.7 Å². The Morgan fingerprint density at radius 2 is 1.60 bits per heavy atom. The van der Waals surface area contributed by atoms with Gasteiger partial charge < -0.3 is 25.4 Å². The van der Waals surface area contributed by atoms with Gasteiger partial charge in [-0.15, -0.1) is 0 Å². The van der Waals surface area contributed by atoms with Crippen LogP contribution in [0.5, 0.6) is 0 Å². The molecule has 1 aliphatic heterocycles. The summed E-state index contributed by atoms with van der Waals surface area (Å²) in [5, 5.41) is 15.3. The molecule has 3 rings (SSSR count). The molecule has 1 fully saturated rings. The highest BCUT2D eigenvalue weighted by atomic mass is 16.6. The number of nitrogens with one attached hydrogen (secondary N) is 3. The van der Waals surface area contributed by atoms with Crippen molar-refractivity contribution >= 4 is 23.8 Å². The van der Waals surface area contributed by atoms with Crippen molar-refractivity contribution in [2.75, 3.05) is 6.61 Å². The van der Waals surface area contributed by atoms with E-state index in [9.17, 15) is 24.3 Å². The molecule has 11 nitrogen and oxygen atoms in total. The van der Waals surface area contributed by atoms with E-state index in [1.165, 1.54) is 4.90 Å². The van der Waals surface area contributed by atoms with Crippen LogP contribution in [0.2, 0.25) is 0 Å². The number of benzene rings is 2. The van der Waals surface area contributed by atoms with Gasteiger partial charge in [-0.3, -0.25) is 19.2 Å². The molecule has 40 heavy (non-hydrogen) atoms. The van der Waals surface area contributed by atoms with Crippen LogP contribution in [0, 0.1) is 0 Å². The van der Waals surface area contributed by atoms with Gasteiger partial charge in [0.2, 0.25) is 17.7 Å². The van der Waals surface area contributed by atoms with E-state index >= 15 is 0 Å². The fraction of sp³-hybridized carbons (Fsp3) is 0.448. The van der Waals surface area contributed by atoms with Crippen LogP contribution < -0.4 is 16.1 Å². The number of rotatable bonds is 11. The zero-order valence-corrected chi connectivity index (χ0v) is 23.1. The van der Waals surface area contributed by atoms with Crippen LogP contribution in [-0.2, 0) is 37.1 Å². The van der Waals surface area contributed by atoms with Crippen molar-refractivity contribution in [3.05, 3.63) is 71.8 Å². The van der Waals surface area contributed by atoms with Gasteiger partial charge in [0.1, 0.15) is 17.7 Å². The summed E-state index contributed by atoms with van der Waals surface area (Å²) in [5.74, 6) is -1.73. The molecular weight excluding hydrogens is 516 g/mol. The summed E-state index contributed by atoms with van der Waals surface area (Å²) in [6, 6.07) is 15.6. The van der Waals surface area contributed by atoms with Crippen LogP contribution in [0.3, 0.4) is 0 Å². The number of aliphatic hydroxyl groups excluding tert-OH is 1. The van der Waals surface area contributed by atoms with Crippen molar-refractivity contribution in [3.63, 3.8) is 0 Å². The number of nitrogens with zero attached hydrogens (tertiary/aromatic N) is 1. The summed E-state index contributed by atoms with van der Waals surface area (Å²) in [5.41, 5.74) is 3.17. The van der Waals surface area contributed by atoms with E-state index in [4.69, 9.17) is 9.57 Å². The summed E-state index contributed by atoms with van der Waals surface area (Å²) >= 11 is 0. The third-order valence-corrected chi connectivity index (χ3v) is 6.23. The largest absolute Gasteiger partial charge is 0.444 e. The van der Waals surface area contributed by atoms with Gasteiger partial charge in [-0.2, -0.15) is 0 Å². The lowest BCUT2D eigenvalue weighted by Crippen LogP contribution is -2.57. The molecule has 4 N–H and O–H groups in total. The molecule has 1 aliphatic rings. The maximum atomic E-state index is 13.8. The maximum Gasteiger partial charge on any atom is 0.408 e. The molecule has 3 atom stereocenters. The first kappa shape index (κ1) is 30.6. The number of alkyl carbamates (subject to hydrolysis) is 1. The predicted molar refractivity (Wildman–Crippen MR) is 146 cm³/mol. The Balaban J connectivity index is 1.71. The Kier molecular flexibility index (Phi) is 11.0. The fourth-order valence-corrected chi connectivity index (χ4v) is 4.39. The first-order valence-electron chi connectivity index (χ1n) is 13.3. The van der Waals surface area contributed by atoms with E-state index in [1.807, 2.05) is 60.7 Å².